The van der Waals surface area contributed by atoms with E-state index in [-0.39, 0.29) is 5.57 Å². The predicted molar refractivity (Wildman–Crippen MR) is 107 cm³/mol. The molecule has 0 saturated carbocycles. The summed E-state index contributed by atoms with van der Waals surface area (Å²) in [6.45, 7) is 2.67. The molecule has 0 aliphatic rings. The van der Waals surface area contributed by atoms with Gasteiger partial charge in [0.2, 0.25) is 0 Å². The maximum atomic E-state index is 12.4. The van der Waals surface area contributed by atoms with Crippen LogP contribution in [0.15, 0.2) is 48.0 Å². The predicted octanol–water partition coefficient (Wildman–Crippen LogP) is 4.29. The number of carbonyl (C=O) groups excluding carboxylic acids is 1. The minimum absolute atomic E-state index is 0.0885. The van der Waals surface area contributed by atoms with Crippen molar-refractivity contribution in [3.63, 3.8) is 0 Å². The molecule has 0 fully saturated rings. The molecular weight excluding hydrogens is 354 g/mol. The van der Waals surface area contributed by atoms with Gasteiger partial charge in [-0.2, -0.15) is 10.5 Å². The van der Waals surface area contributed by atoms with Crippen molar-refractivity contribution >= 4 is 17.7 Å². The number of carbonyl (C=O) groups is 1. The highest BCUT2D eigenvalue weighted by atomic mass is 16.5. The molecule has 0 aliphatic carbocycles. The van der Waals surface area contributed by atoms with Gasteiger partial charge in [-0.1, -0.05) is 31.5 Å². The van der Waals surface area contributed by atoms with Crippen molar-refractivity contribution in [1.29, 1.82) is 10.5 Å². The Hall–Kier alpha value is -3.77. The Morgan fingerprint density at radius 3 is 2.64 bits per heavy atom. The molecule has 2 rings (SSSR count). The zero-order valence-electron chi connectivity index (χ0n) is 15.9. The average Bonchev–Trinajstić information content (AvgIpc) is 2.73. The summed E-state index contributed by atoms with van der Waals surface area (Å²) in [6, 6.07) is 15.7. The fourth-order valence-corrected chi connectivity index (χ4v) is 2.41. The lowest BCUT2D eigenvalue weighted by atomic mass is 10.1. The van der Waals surface area contributed by atoms with E-state index < -0.39 is 5.91 Å². The third-order valence-electron chi connectivity index (χ3n) is 3.91. The molecule has 1 N–H and O–H groups in total. The number of para-hydroxylation sites is 1. The second-order valence-electron chi connectivity index (χ2n) is 5.89. The lowest BCUT2D eigenvalue weighted by Crippen LogP contribution is -2.14. The Balaban J connectivity index is 2.22. The van der Waals surface area contributed by atoms with Crippen LogP contribution in [0.1, 0.15) is 30.9 Å². The summed E-state index contributed by atoms with van der Waals surface area (Å²) in [5.41, 5.74) is 1.21. The molecule has 28 heavy (non-hydrogen) atoms. The normalized spacial score (nSPS) is 10.5. The lowest BCUT2D eigenvalue weighted by molar-refractivity contribution is -0.112. The fraction of sp³-hybridized carbons (Fsp3) is 0.227. The summed E-state index contributed by atoms with van der Waals surface area (Å²) >= 11 is 0. The van der Waals surface area contributed by atoms with E-state index in [4.69, 9.17) is 14.7 Å². The molecule has 2 aromatic rings. The van der Waals surface area contributed by atoms with Gasteiger partial charge >= 0.3 is 0 Å². The summed E-state index contributed by atoms with van der Waals surface area (Å²) in [4.78, 5) is 12.4. The van der Waals surface area contributed by atoms with Crippen LogP contribution in [-0.2, 0) is 4.79 Å². The van der Waals surface area contributed by atoms with Gasteiger partial charge in [-0.05, 0) is 42.3 Å². The van der Waals surface area contributed by atoms with Crippen molar-refractivity contribution in [3.05, 3.63) is 59.2 Å². The van der Waals surface area contributed by atoms with Gasteiger partial charge in [0.1, 0.15) is 17.7 Å². The number of ether oxygens (including phenoxy) is 2. The zero-order chi connectivity index (χ0) is 20.4. The Morgan fingerprint density at radius 1 is 1.18 bits per heavy atom. The van der Waals surface area contributed by atoms with Crippen LogP contribution in [0.2, 0.25) is 0 Å². The van der Waals surface area contributed by atoms with Gasteiger partial charge in [0.05, 0.1) is 25.0 Å². The number of methoxy groups -OCH3 is 1. The number of anilines is 1. The standard InChI is InChI=1S/C22H21N3O3/c1-3-4-11-28-20-10-9-16(13-21(20)27-2)12-18(15-24)22(26)25-19-8-6-5-7-17(19)14-23/h5-10,12-13H,3-4,11H2,1-2H3,(H,25,26). The monoisotopic (exact) mass is 375 g/mol. The molecule has 0 saturated heterocycles. The van der Waals surface area contributed by atoms with E-state index in [0.717, 1.165) is 12.8 Å². The van der Waals surface area contributed by atoms with Crippen molar-refractivity contribution in [3.8, 4) is 23.6 Å². The number of nitriles is 2. The van der Waals surface area contributed by atoms with Crippen molar-refractivity contribution in [2.24, 2.45) is 0 Å². The Kier molecular flexibility index (Phi) is 7.63. The summed E-state index contributed by atoms with van der Waals surface area (Å²) in [6.07, 6.45) is 3.43. The quantitative estimate of drug-likeness (QED) is 0.422. The van der Waals surface area contributed by atoms with Crippen LogP contribution >= 0.6 is 0 Å². The van der Waals surface area contributed by atoms with Gasteiger partial charge in [-0.3, -0.25) is 4.79 Å². The number of unbranched alkanes of at least 4 members (excludes halogenated alkanes) is 1. The van der Waals surface area contributed by atoms with Gasteiger partial charge in [0.25, 0.3) is 5.91 Å². The van der Waals surface area contributed by atoms with E-state index in [1.165, 1.54) is 13.2 Å². The minimum atomic E-state index is -0.590. The first-order valence-electron chi connectivity index (χ1n) is 8.86. The summed E-state index contributed by atoms with van der Waals surface area (Å²) in [7, 11) is 1.53. The highest BCUT2D eigenvalue weighted by Gasteiger charge is 2.13. The number of hydrogen-bond acceptors (Lipinski definition) is 5. The third kappa shape index (κ3) is 5.36. The molecule has 0 aliphatic heterocycles. The van der Waals surface area contributed by atoms with Crippen LogP contribution in [0.25, 0.3) is 6.08 Å². The molecule has 0 spiro atoms. The molecule has 6 nitrogen and oxygen atoms in total. The van der Waals surface area contributed by atoms with Crippen LogP contribution < -0.4 is 14.8 Å². The van der Waals surface area contributed by atoms with E-state index >= 15 is 0 Å². The highest BCUT2D eigenvalue weighted by molar-refractivity contribution is 6.10. The van der Waals surface area contributed by atoms with Gasteiger partial charge in [0.15, 0.2) is 11.5 Å². The first-order chi connectivity index (χ1) is 13.6. The number of nitrogens with one attached hydrogen (secondary N) is 1. The molecule has 2 aromatic carbocycles. The van der Waals surface area contributed by atoms with E-state index in [0.29, 0.717) is 34.9 Å². The molecular formula is C22H21N3O3. The smallest absolute Gasteiger partial charge is 0.266 e. The third-order valence-corrected chi connectivity index (χ3v) is 3.91. The Morgan fingerprint density at radius 2 is 1.96 bits per heavy atom. The largest absolute Gasteiger partial charge is 0.493 e. The minimum Gasteiger partial charge on any atom is -0.493 e. The average molecular weight is 375 g/mol. The molecule has 6 heteroatoms. The van der Waals surface area contributed by atoms with Gasteiger partial charge < -0.3 is 14.8 Å². The molecule has 0 bridgehead atoms. The fourth-order valence-electron chi connectivity index (χ4n) is 2.41. The number of benzene rings is 2. The summed E-state index contributed by atoms with van der Waals surface area (Å²) in [5, 5.41) is 21.1. The van der Waals surface area contributed by atoms with Crippen LogP contribution in [-0.4, -0.2) is 19.6 Å². The summed E-state index contributed by atoms with van der Waals surface area (Å²) in [5.74, 6) is 0.545. The SMILES string of the molecule is CCCCOc1ccc(C=C(C#N)C(=O)Nc2ccccc2C#N)cc1OC. The molecule has 142 valence electrons. The van der Waals surface area contributed by atoms with Crippen molar-refractivity contribution in [2.75, 3.05) is 19.0 Å². The summed E-state index contributed by atoms with van der Waals surface area (Å²) < 4.78 is 11.0. The van der Waals surface area contributed by atoms with Crippen molar-refractivity contribution in [1.82, 2.24) is 0 Å². The second kappa shape index (κ2) is 10.4. The maximum Gasteiger partial charge on any atom is 0.266 e. The zero-order valence-corrected chi connectivity index (χ0v) is 15.9. The molecule has 0 aromatic heterocycles. The van der Waals surface area contributed by atoms with E-state index in [2.05, 4.69) is 12.2 Å². The molecule has 0 atom stereocenters. The van der Waals surface area contributed by atoms with Gasteiger partial charge in [0, 0.05) is 0 Å². The first kappa shape index (κ1) is 20.5. The first-order valence-corrected chi connectivity index (χ1v) is 8.86. The molecule has 1 amide bonds. The number of hydrogen-bond donors (Lipinski definition) is 1. The van der Waals surface area contributed by atoms with Crippen LogP contribution in [0.5, 0.6) is 11.5 Å². The van der Waals surface area contributed by atoms with Crippen molar-refractivity contribution in [2.45, 2.75) is 19.8 Å². The van der Waals surface area contributed by atoms with Crippen LogP contribution in [0, 0.1) is 22.7 Å². The van der Waals surface area contributed by atoms with E-state index in [1.807, 2.05) is 12.1 Å². The topological polar surface area (TPSA) is 95.1 Å². The lowest BCUT2D eigenvalue weighted by Gasteiger charge is -2.11. The number of rotatable bonds is 8. The second-order valence-corrected chi connectivity index (χ2v) is 5.89. The van der Waals surface area contributed by atoms with Gasteiger partial charge in [-0.15, -0.1) is 0 Å². The van der Waals surface area contributed by atoms with Gasteiger partial charge in [-0.25, -0.2) is 0 Å². The van der Waals surface area contributed by atoms with E-state index in [9.17, 15) is 10.1 Å². The number of amides is 1. The van der Waals surface area contributed by atoms with Crippen molar-refractivity contribution < 1.29 is 14.3 Å². The molecule has 0 radical (unpaired) electrons. The highest BCUT2D eigenvalue weighted by Crippen LogP contribution is 2.29. The van der Waals surface area contributed by atoms with E-state index in [1.54, 1.807) is 42.5 Å². The van der Waals surface area contributed by atoms with Crippen LogP contribution in [0.3, 0.4) is 0 Å². The molecule has 0 heterocycles. The Labute approximate surface area is 164 Å². The van der Waals surface area contributed by atoms with Crippen LogP contribution in [0.4, 0.5) is 5.69 Å². The Bertz CT molecular complexity index is 952. The molecule has 0 unspecified atom stereocenters. The number of nitrogens with zero attached hydrogens (tertiary/aromatic N) is 2. The maximum absolute atomic E-state index is 12.4.